The highest BCUT2D eigenvalue weighted by molar-refractivity contribution is 8.90. The molecule has 1 atom stereocenters. The van der Waals surface area contributed by atoms with Gasteiger partial charge in [0, 0.05) is 0 Å². The van der Waals surface area contributed by atoms with E-state index < -0.39 is 0 Å². The van der Waals surface area contributed by atoms with E-state index in [9.17, 15) is 0 Å². The predicted molar refractivity (Wildman–Crippen MR) is 47.4 cm³/mol. The summed E-state index contributed by atoms with van der Waals surface area (Å²) in [6.45, 7) is 2.25. The summed E-state index contributed by atoms with van der Waals surface area (Å²) >= 11 is 2.12. The van der Waals surface area contributed by atoms with Crippen molar-refractivity contribution in [1.82, 2.24) is 0 Å². The van der Waals surface area contributed by atoms with Crippen LogP contribution >= 0.6 is 22.6 Å². The molecule has 0 aliphatic carbocycles. The smallest absolute Gasteiger partial charge is 0.108 e. The second kappa shape index (κ2) is 3.96. The van der Waals surface area contributed by atoms with Crippen molar-refractivity contribution in [3.05, 3.63) is 0 Å². The Hall–Kier alpha value is 1.05. The third-order valence-electron chi connectivity index (χ3n) is 0.848. The maximum absolute atomic E-state index is 2.25. The van der Waals surface area contributed by atoms with Crippen LogP contribution < -0.4 is 0 Å². The minimum atomic E-state index is 0.813. The van der Waals surface area contributed by atoms with Crippen molar-refractivity contribution in [3.63, 3.8) is 0 Å². The van der Waals surface area contributed by atoms with Crippen LogP contribution in [0.4, 0.5) is 0 Å². The van der Waals surface area contributed by atoms with Crippen molar-refractivity contribution in [2.24, 2.45) is 0 Å². The molecule has 48 valence electrons. The van der Waals surface area contributed by atoms with Gasteiger partial charge < -0.3 is 0 Å². The molecular weight excluding hydrogens is 156 g/mol. The predicted octanol–water partition coefficient (Wildman–Crippen LogP) is 2.32. The SMILES string of the molecule is CCCSC[S+]1CS1. The third-order valence-corrected chi connectivity index (χ3v) is 6.41. The lowest BCUT2D eigenvalue weighted by Gasteiger charge is -1.86. The zero-order chi connectivity index (χ0) is 5.82. The van der Waals surface area contributed by atoms with E-state index in [1.165, 1.54) is 22.3 Å². The fourth-order valence-electron chi connectivity index (χ4n) is 0.398. The van der Waals surface area contributed by atoms with Crippen LogP contribution in [0.5, 0.6) is 0 Å². The van der Waals surface area contributed by atoms with Crippen molar-refractivity contribution in [3.8, 4) is 0 Å². The van der Waals surface area contributed by atoms with Crippen LogP contribution in [0.2, 0.25) is 0 Å². The van der Waals surface area contributed by atoms with Gasteiger partial charge in [0.15, 0.2) is 5.08 Å². The number of thioether (sulfide) groups is 1. The van der Waals surface area contributed by atoms with E-state index in [0.29, 0.717) is 0 Å². The first-order chi connectivity index (χ1) is 3.93. The van der Waals surface area contributed by atoms with Gasteiger partial charge in [0.25, 0.3) is 0 Å². The van der Waals surface area contributed by atoms with Crippen LogP contribution in [0.25, 0.3) is 0 Å². The highest BCUT2D eigenvalue weighted by atomic mass is 33.2. The maximum atomic E-state index is 2.25. The summed E-state index contributed by atoms with van der Waals surface area (Å²) in [5.74, 6) is 1.37. The van der Waals surface area contributed by atoms with Crippen molar-refractivity contribution in [2.75, 3.05) is 15.9 Å². The van der Waals surface area contributed by atoms with E-state index in [1.807, 2.05) is 0 Å². The Balaban J connectivity index is 1.74. The van der Waals surface area contributed by atoms with Crippen LogP contribution in [0.15, 0.2) is 0 Å². The first-order valence-electron chi connectivity index (χ1n) is 2.82. The molecule has 1 unspecified atom stereocenters. The minimum Gasteiger partial charge on any atom is -0.108 e. The highest BCUT2D eigenvalue weighted by Gasteiger charge is 2.37. The fraction of sp³-hybridized carbons (Fsp3) is 1.00. The zero-order valence-corrected chi connectivity index (χ0v) is 7.50. The van der Waals surface area contributed by atoms with E-state index in [0.717, 1.165) is 9.93 Å². The third kappa shape index (κ3) is 3.15. The molecule has 8 heavy (non-hydrogen) atoms. The molecule has 0 bridgehead atoms. The van der Waals surface area contributed by atoms with Crippen LogP contribution in [0.1, 0.15) is 13.3 Å². The Kier molecular flexibility index (Phi) is 3.55. The van der Waals surface area contributed by atoms with E-state index in [-0.39, 0.29) is 0 Å². The maximum Gasteiger partial charge on any atom is 0.214 e. The Labute approximate surface area is 61.9 Å². The molecule has 0 aromatic heterocycles. The lowest BCUT2D eigenvalue weighted by atomic mass is 10.6. The normalized spacial score (nSPS) is 25.9. The summed E-state index contributed by atoms with van der Waals surface area (Å²) in [6, 6.07) is 0. The molecule has 1 rings (SSSR count). The largest absolute Gasteiger partial charge is 0.214 e. The topological polar surface area (TPSA) is 0 Å². The summed E-state index contributed by atoms with van der Waals surface area (Å²) in [6.07, 6.45) is 1.34. The minimum absolute atomic E-state index is 0.813. The molecule has 0 radical (unpaired) electrons. The summed E-state index contributed by atoms with van der Waals surface area (Å²) in [4.78, 5) is 0. The van der Waals surface area contributed by atoms with Gasteiger partial charge in [0.1, 0.15) is 10.8 Å². The molecule has 3 heteroatoms. The lowest BCUT2D eigenvalue weighted by molar-refractivity contribution is 1.11. The van der Waals surface area contributed by atoms with E-state index in [1.54, 1.807) is 0 Å². The Bertz CT molecular complexity index is 60.7. The molecule has 0 saturated carbocycles. The molecule has 1 aliphatic heterocycles. The van der Waals surface area contributed by atoms with Crippen LogP contribution in [0, 0.1) is 0 Å². The number of hydrogen-bond donors (Lipinski definition) is 0. The van der Waals surface area contributed by atoms with Gasteiger partial charge in [0.05, 0.1) is 9.93 Å². The van der Waals surface area contributed by atoms with Crippen LogP contribution in [0.3, 0.4) is 0 Å². The second-order valence-electron chi connectivity index (χ2n) is 1.70. The van der Waals surface area contributed by atoms with Crippen LogP contribution in [-0.4, -0.2) is 15.9 Å². The average molecular weight is 167 g/mol. The molecule has 1 aliphatic rings. The fourth-order valence-corrected chi connectivity index (χ4v) is 5.17. The van der Waals surface area contributed by atoms with Gasteiger partial charge in [0.2, 0.25) is 5.08 Å². The summed E-state index contributed by atoms with van der Waals surface area (Å²) in [7, 11) is 2.94. The monoisotopic (exact) mass is 167 g/mol. The van der Waals surface area contributed by atoms with Gasteiger partial charge in [-0.05, 0) is 12.2 Å². The van der Waals surface area contributed by atoms with Crippen molar-refractivity contribution in [2.45, 2.75) is 13.3 Å². The summed E-state index contributed by atoms with van der Waals surface area (Å²) in [5, 5.41) is 2.88. The van der Waals surface area contributed by atoms with Gasteiger partial charge in [-0.2, -0.15) is 0 Å². The molecule has 1 heterocycles. The Morgan fingerprint density at radius 3 is 3.00 bits per heavy atom. The summed E-state index contributed by atoms with van der Waals surface area (Å²) < 4.78 is 0. The average Bonchev–Trinajstić information content (AvgIpc) is 2.51. The first kappa shape index (κ1) is 7.16. The quantitative estimate of drug-likeness (QED) is 0.273. The molecule has 0 aromatic rings. The van der Waals surface area contributed by atoms with Gasteiger partial charge >= 0.3 is 0 Å². The molecule has 0 spiro atoms. The van der Waals surface area contributed by atoms with Gasteiger partial charge in [-0.1, -0.05) is 6.92 Å². The first-order valence-corrected chi connectivity index (χ1v) is 7.04. The Morgan fingerprint density at radius 2 is 2.50 bits per heavy atom. The molecule has 0 N–H and O–H groups in total. The summed E-state index contributed by atoms with van der Waals surface area (Å²) in [5.41, 5.74) is 0. The van der Waals surface area contributed by atoms with Crippen molar-refractivity contribution in [1.29, 1.82) is 0 Å². The van der Waals surface area contributed by atoms with E-state index in [4.69, 9.17) is 0 Å². The Morgan fingerprint density at radius 1 is 1.75 bits per heavy atom. The van der Waals surface area contributed by atoms with E-state index >= 15 is 0 Å². The molecule has 0 aromatic carbocycles. The van der Waals surface area contributed by atoms with Gasteiger partial charge in [-0.15, -0.1) is 11.8 Å². The van der Waals surface area contributed by atoms with Crippen LogP contribution in [-0.2, 0) is 9.93 Å². The standard InChI is InChI=1S/C5H11S3/c1-2-3-6-4-8-5-7-8/h2-5H2,1H3/q+1. The number of hydrogen-bond acceptors (Lipinski definition) is 2. The lowest BCUT2D eigenvalue weighted by Crippen LogP contribution is -1.82. The van der Waals surface area contributed by atoms with Gasteiger partial charge in [-0.25, -0.2) is 0 Å². The molecule has 0 nitrogen and oxygen atoms in total. The molecule has 0 amide bonds. The highest BCUT2D eigenvalue weighted by Crippen LogP contribution is 2.38. The van der Waals surface area contributed by atoms with Crippen molar-refractivity contribution < 1.29 is 0 Å². The van der Waals surface area contributed by atoms with E-state index in [2.05, 4.69) is 29.5 Å². The second-order valence-corrected chi connectivity index (χ2v) is 7.64. The molecule has 1 fully saturated rings. The van der Waals surface area contributed by atoms with Gasteiger partial charge in [-0.3, -0.25) is 0 Å². The molecular formula is C5H11S3+. The molecule has 1 saturated heterocycles. The zero-order valence-electron chi connectivity index (χ0n) is 5.05. The van der Waals surface area contributed by atoms with Crippen molar-refractivity contribution >= 4 is 32.5 Å². The number of rotatable bonds is 4.